The van der Waals surface area contributed by atoms with Crippen molar-refractivity contribution in [2.75, 3.05) is 31.2 Å². The van der Waals surface area contributed by atoms with Crippen LogP contribution in [0.2, 0.25) is 0 Å². The topological polar surface area (TPSA) is 215 Å². The van der Waals surface area contributed by atoms with E-state index in [4.69, 9.17) is 21.3 Å². The molecule has 3 amide bonds. The summed E-state index contributed by atoms with van der Waals surface area (Å²) < 4.78 is 18.8. The quantitative estimate of drug-likeness (QED) is 0.129. The molecule has 1 saturated heterocycles. The lowest BCUT2D eigenvalue weighted by Gasteiger charge is -2.24. The van der Waals surface area contributed by atoms with Crippen LogP contribution >= 0.6 is 0 Å². The van der Waals surface area contributed by atoms with Crippen molar-refractivity contribution in [2.45, 2.75) is 25.1 Å². The molecule has 1 aromatic heterocycles. The highest BCUT2D eigenvalue weighted by atomic mass is 19.1. The van der Waals surface area contributed by atoms with Gasteiger partial charge in [-0.1, -0.05) is 24.3 Å². The normalized spacial score (nSPS) is 16.1. The smallest absolute Gasteiger partial charge is 0.322 e. The minimum Gasteiger partial charge on any atom is -0.496 e. The number of nitrogens with one attached hydrogen (secondary N) is 5. The van der Waals surface area contributed by atoms with Gasteiger partial charge in [-0.2, -0.15) is 0 Å². The van der Waals surface area contributed by atoms with Gasteiger partial charge in [0.2, 0.25) is 0 Å². The number of anilines is 2. The number of methoxy groups -OCH3 is 1. The van der Waals surface area contributed by atoms with Gasteiger partial charge in [-0.15, -0.1) is 0 Å². The van der Waals surface area contributed by atoms with Crippen LogP contribution in [-0.2, 0) is 6.54 Å². The number of amides is 3. The first-order valence-corrected chi connectivity index (χ1v) is 13.1. The van der Waals surface area contributed by atoms with Crippen molar-refractivity contribution in [3.05, 3.63) is 76.9 Å². The largest absolute Gasteiger partial charge is 0.496 e. The van der Waals surface area contributed by atoms with Crippen molar-refractivity contribution < 1.29 is 23.8 Å². The van der Waals surface area contributed by atoms with Crippen LogP contribution in [0.4, 0.5) is 20.8 Å². The van der Waals surface area contributed by atoms with Crippen LogP contribution in [-0.4, -0.2) is 82.6 Å². The summed E-state index contributed by atoms with van der Waals surface area (Å²) in [4.78, 5) is 38.4. The Morgan fingerprint density at radius 2 is 2.02 bits per heavy atom. The lowest BCUT2D eigenvalue weighted by molar-refractivity contribution is 0.0947. The van der Waals surface area contributed by atoms with Crippen LogP contribution in [0.1, 0.15) is 33.5 Å². The van der Waals surface area contributed by atoms with E-state index in [1.807, 2.05) is 0 Å². The molecule has 14 nitrogen and oxygen atoms in total. The van der Waals surface area contributed by atoms with Crippen molar-refractivity contribution in [1.82, 2.24) is 25.5 Å². The molecule has 1 aliphatic rings. The van der Waals surface area contributed by atoms with Gasteiger partial charge in [0.25, 0.3) is 5.91 Å². The molecule has 224 valence electrons. The van der Waals surface area contributed by atoms with E-state index >= 15 is 0 Å². The minimum absolute atomic E-state index is 0.0459. The number of likely N-dealkylation sites (tertiary alicyclic amines) is 1. The Bertz CT molecular complexity index is 1530. The summed E-state index contributed by atoms with van der Waals surface area (Å²) in [6.45, 7) is 0.478. The molecule has 2 heterocycles. The highest BCUT2D eigenvalue weighted by Crippen LogP contribution is 2.24. The summed E-state index contributed by atoms with van der Waals surface area (Å²) >= 11 is 0. The number of hydrogen-bond acceptors (Lipinski definition) is 10. The maximum absolute atomic E-state index is 13.7. The summed E-state index contributed by atoms with van der Waals surface area (Å²) in [6.07, 6.45) is 2.74. The van der Waals surface area contributed by atoms with E-state index in [1.165, 1.54) is 30.5 Å². The number of aromatic nitrogens is 2. The molecule has 2 atom stereocenters. The van der Waals surface area contributed by atoms with Gasteiger partial charge < -0.3 is 31.1 Å². The number of nitrogen functional groups attached to an aromatic ring is 1. The number of aliphatic hydroxyl groups is 1. The molecule has 43 heavy (non-hydrogen) atoms. The van der Waals surface area contributed by atoms with Gasteiger partial charge in [-0.3, -0.25) is 20.9 Å². The molecule has 0 unspecified atom stereocenters. The van der Waals surface area contributed by atoms with Crippen LogP contribution in [0, 0.1) is 16.6 Å². The number of hydrogen-bond donors (Lipinski definition) is 7. The standard InChI is InChI=1S/C28H31FN10O4/c1-43-22-7-6-18(29)8-21(22)27(41)35-10-16-2-4-17(5-3-16)24(31)23-25(32)36-15-37-26(23)34-11-19-9-20(40)12-39(19)28(42)38-14-33-13-30/h2-8,13-15,19-20,31,40H,9-12H2,1H3,(H,35,41)(H2,30,33,38,42)(H3,32,34,36,37)/t19-,20-/m0/s1. The van der Waals surface area contributed by atoms with Crippen LogP contribution in [0.3, 0.4) is 0 Å². The lowest BCUT2D eigenvalue weighted by Crippen LogP contribution is -2.45. The van der Waals surface area contributed by atoms with Crippen molar-refractivity contribution in [1.29, 1.82) is 10.8 Å². The van der Waals surface area contributed by atoms with Gasteiger partial charge >= 0.3 is 6.03 Å². The van der Waals surface area contributed by atoms with Crippen molar-refractivity contribution >= 4 is 42.0 Å². The number of aliphatic hydroxyl groups excluding tert-OH is 1. The predicted molar refractivity (Wildman–Crippen MR) is 158 cm³/mol. The van der Waals surface area contributed by atoms with Crippen LogP contribution < -0.4 is 26.4 Å². The van der Waals surface area contributed by atoms with Crippen LogP contribution in [0.5, 0.6) is 5.75 Å². The Hall–Kier alpha value is -5.44. The number of ether oxygens (including phenoxy) is 1. The molecule has 0 saturated carbocycles. The fraction of sp³-hybridized carbons (Fsp3) is 0.250. The van der Waals surface area contributed by atoms with E-state index in [0.29, 0.717) is 12.0 Å². The van der Waals surface area contributed by atoms with Gasteiger partial charge in [0.05, 0.1) is 42.4 Å². The molecule has 3 aromatic rings. The van der Waals surface area contributed by atoms with Gasteiger partial charge in [0.15, 0.2) is 0 Å². The van der Waals surface area contributed by atoms with Gasteiger partial charge in [-0.25, -0.2) is 24.1 Å². The Labute approximate surface area is 246 Å². The predicted octanol–water partition coefficient (Wildman–Crippen LogP) is 1.74. The summed E-state index contributed by atoms with van der Waals surface area (Å²) in [5, 5.41) is 34.2. The number of urea groups is 1. The molecule has 2 aromatic carbocycles. The number of rotatable bonds is 11. The second-order valence-corrected chi connectivity index (χ2v) is 9.52. The van der Waals surface area contributed by atoms with Gasteiger partial charge in [-0.05, 0) is 30.2 Å². The molecular weight excluding hydrogens is 559 g/mol. The van der Waals surface area contributed by atoms with Crippen LogP contribution in [0.15, 0.2) is 53.8 Å². The molecule has 15 heteroatoms. The zero-order chi connectivity index (χ0) is 30.9. The third kappa shape index (κ3) is 7.45. The number of nitrogens with two attached hydrogens (primary N) is 1. The molecule has 4 rings (SSSR count). The zero-order valence-electron chi connectivity index (χ0n) is 23.2. The van der Waals surface area contributed by atoms with Gasteiger partial charge in [0, 0.05) is 25.2 Å². The number of benzene rings is 2. The Kier molecular flexibility index (Phi) is 9.90. The number of aliphatic imine (C=N–C) groups is 1. The van der Waals surface area contributed by atoms with Crippen LogP contribution in [0.25, 0.3) is 0 Å². The first-order valence-electron chi connectivity index (χ1n) is 13.1. The number of nitrogens with zero attached hydrogens (tertiary/aromatic N) is 4. The van der Waals surface area contributed by atoms with E-state index in [2.05, 4.69) is 30.9 Å². The number of carbonyl (C=O) groups excluding carboxylic acids is 2. The molecule has 0 bridgehead atoms. The fourth-order valence-electron chi connectivity index (χ4n) is 4.61. The van der Waals surface area contributed by atoms with E-state index < -0.39 is 29.9 Å². The van der Waals surface area contributed by atoms with Crippen molar-refractivity contribution in [3.8, 4) is 5.75 Å². The Balaban J connectivity index is 1.43. The molecule has 8 N–H and O–H groups in total. The summed E-state index contributed by atoms with van der Waals surface area (Å²) in [7, 11) is 1.40. The fourth-order valence-corrected chi connectivity index (χ4v) is 4.61. The lowest BCUT2D eigenvalue weighted by atomic mass is 10.0. The van der Waals surface area contributed by atoms with E-state index in [-0.39, 0.29) is 53.9 Å². The van der Waals surface area contributed by atoms with E-state index in [0.717, 1.165) is 24.3 Å². The molecule has 1 aliphatic heterocycles. The SMILES string of the molecule is COc1ccc(F)cc1C(=O)NCc1ccc(C(=N)c2c(N)ncnc2NC[C@@H]2C[C@H](O)CN2C(=O)NC=NC=N)cc1. The molecule has 0 aliphatic carbocycles. The first kappa shape index (κ1) is 30.5. The minimum atomic E-state index is -0.718. The van der Waals surface area contributed by atoms with Crippen molar-refractivity contribution in [2.24, 2.45) is 4.99 Å². The zero-order valence-corrected chi connectivity index (χ0v) is 23.2. The summed E-state index contributed by atoms with van der Waals surface area (Å²) in [5.74, 6) is -0.441. The van der Waals surface area contributed by atoms with E-state index in [1.54, 1.807) is 24.3 Å². The monoisotopic (exact) mass is 590 g/mol. The molecule has 0 radical (unpaired) electrons. The summed E-state index contributed by atoms with van der Waals surface area (Å²) in [6, 6.07) is 9.67. The Morgan fingerprint density at radius 3 is 2.74 bits per heavy atom. The second kappa shape index (κ2) is 14.0. The third-order valence-corrected chi connectivity index (χ3v) is 6.72. The molecule has 1 fully saturated rings. The van der Waals surface area contributed by atoms with E-state index in [9.17, 15) is 19.1 Å². The number of carbonyl (C=O) groups is 2. The summed E-state index contributed by atoms with van der Waals surface area (Å²) in [5.41, 5.74) is 7.77. The number of β-amino-alcohol motifs (C(OH)–C–C–N with tert-alkyl or cyclic N) is 1. The molecular formula is C28H31FN10O4. The highest BCUT2D eigenvalue weighted by molar-refractivity contribution is 6.16. The third-order valence-electron chi connectivity index (χ3n) is 6.72. The first-order chi connectivity index (χ1) is 20.7. The Morgan fingerprint density at radius 1 is 1.26 bits per heavy atom. The average molecular weight is 591 g/mol. The maximum atomic E-state index is 13.7. The maximum Gasteiger partial charge on any atom is 0.322 e. The number of halogens is 1. The van der Waals surface area contributed by atoms with Crippen molar-refractivity contribution in [3.63, 3.8) is 0 Å². The second-order valence-electron chi connectivity index (χ2n) is 9.52. The highest BCUT2D eigenvalue weighted by Gasteiger charge is 2.34. The average Bonchev–Trinajstić information content (AvgIpc) is 3.39. The van der Waals surface area contributed by atoms with Gasteiger partial charge in [0.1, 0.15) is 35.9 Å². The molecule has 0 spiro atoms.